The van der Waals surface area contributed by atoms with Gasteiger partial charge in [-0.1, -0.05) is 23.7 Å². The summed E-state index contributed by atoms with van der Waals surface area (Å²) in [6.07, 6.45) is 0.0584. The Morgan fingerprint density at radius 1 is 1.55 bits per heavy atom. The van der Waals surface area contributed by atoms with Gasteiger partial charge in [-0.05, 0) is 17.7 Å². The van der Waals surface area contributed by atoms with Crippen LogP contribution >= 0.6 is 11.6 Å². The predicted molar refractivity (Wildman–Crippen MR) is 75.3 cm³/mol. The van der Waals surface area contributed by atoms with E-state index < -0.39 is 6.04 Å². The smallest absolute Gasteiger partial charge is 0.307 e. The van der Waals surface area contributed by atoms with Crippen LogP contribution in [0.5, 0.6) is 0 Å². The van der Waals surface area contributed by atoms with E-state index in [2.05, 4.69) is 10.1 Å². The SMILES string of the molecule is COC(=O)C[C@@H]1C(=O)NCCN1Cc1cccc(Cl)c1. The minimum Gasteiger partial charge on any atom is -0.469 e. The third kappa shape index (κ3) is 3.71. The molecule has 2 rings (SSSR count). The maximum absolute atomic E-state index is 11.9. The van der Waals surface area contributed by atoms with Crippen LogP contribution in [-0.4, -0.2) is 43.0 Å². The van der Waals surface area contributed by atoms with Gasteiger partial charge >= 0.3 is 5.97 Å². The number of rotatable bonds is 4. The van der Waals surface area contributed by atoms with Crippen molar-refractivity contribution in [2.45, 2.75) is 19.0 Å². The van der Waals surface area contributed by atoms with Gasteiger partial charge < -0.3 is 10.1 Å². The number of esters is 1. The molecule has 108 valence electrons. The Kier molecular flexibility index (Phi) is 4.98. The van der Waals surface area contributed by atoms with Crippen molar-refractivity contribution in [1.29, 1.82) is 0 Å². The van der Waals surface area contributed by atoms with Crippen molar-refractivity contribution in [3.63, 3.8) is 0 Å². The predicted octanol–water partition coefficient (Wildman–Crippen LogP) is 1.20. The van der Waals surface area contributed by atoms with Crippen molar-refractivity contribution < 1.29 is 14.3 Å². The van der Waals surface area contributed by atoms with Gasteiger partial charge in [0.25, 0.3) is 0 Å². The average molecular weight is 297 g/mol. The first kappa shape index (κ1) is 14.8. The van der Waals surface area contributed by atoms with Crippen molar-refractivity contribution in [1.82, 2.24) is 10.2 Å². The molecule has 1 fully saturated rings. The average Bonchev–Trinajstić information content (AvgIpc) is 2.42. The summed E-state index contributed by atoms with van der Waals surface area (Å²) < 4.78 is 4.65. The molecule has 1 aromatic carbocycles. The molecule has 0 radical (unpaired) electrons. The molecule has 1 N–H and O–H groups in total. The number of nitrogens with zero attached hydrogens (tertiary/aromatic N) is 1. The fourth-order valence-electron chi connectivity index (χ4n) is 2.28. The highest BCUT2D eigenvalue weighted by molar-refractivity contribution is 6.30. The highest BCUT2D eigenvalue weighted by Gasteiger charge is 2.31. The van der Waals surface area contributed by atoms with E-state index in [1.165, 1.54) is 7.11 Å². The first-order valence-electron chi connectivity index (χ1n) is 6.43. The van der Waals surface area contributed by atoms with E-state index in [-0.39, 0.29) is 18.3 Å². The molecule has 1 heterocycles. The van der Waals surface area contributed by atoms with Crippen molar-refractivity contribution >= 4 is 23.5 Å². The van der Waals surface area contributed by atoms with Gasteiger partial charge in [0.15, 0.2) is 0 Å². The Morgan fingerprint density at radius 3 is 3.05 bits per heavy atom. The molecule has 0 spiro atoms. The number of methoxy groups -OCH3 is 1. The lowest BCUT2D eigenvalue weighted by Crippen LogP contribution is -2.55. The largest absolute Gasteiger partial charge is 0.469 e. The number of piperazine rings is 1. The summed E-state index contributed by atoms with van der Waals surface area (Å²) in [6, 6.07) is 7.00. The second-order valence-electron chi connectivity index (χ2n) is 4.69. The number of hydrogen-bond donors (Lipinski definition) is 1. The van der Waals surface area contributed by atoms with Crippen LogP contribution in [0.2, 0.25) is 5.02 Å². The van der Waals surface area contributed by atoms with Crippen molar-refractivity contribution in [3.8, 4) is 0 Å². The Labute approximate surface area is 122 Å². The fraction of sp³-hybridized carbons (Fsp3) is 0.429. The van der Waals surface area contributed by atoms with Crippen LogP contribution in [0.1, 0.15) is 12.0 Å². The first-order chi connectivity index (χ1) is 9.60. The van der Waals surface area contributed by atoms with Gasteiger partial charge in [-0.15, -0.1) is 0 Å². The van der Waals surface area contributed by atoms with E-state index in [4.69, 9.17) is 11.6 Å². The first-order valence-corrected chi connectivity index (χ1v) is 6.81. The zero-order valence-corrected chi connectivity index (χ0v) is 12.0. The van der Waals surface area contributed by atoms with Gasteiger partial charge in [-0.3, -0.25) is 14.5 Å². The minimum absolute atomic E-state index is 0.0584. The number of carbonyl (C=O) groups is 2. The molecule has 5 nitrogen and oxygen atoms in total. The molecule has 0 bridgehead atoms. The minimum atomic E-state index is -0.491. The Balaban J connectivity index is 2.10. The van der Waals surface area contributed by atoms with Crippen LogP contribution in [0.25, 0.3) is 0 Å². The second kappa shape index (κ2) is 6.72. The molecule has 1 atom stereocenters. The maximum Gasteiger partial charge on any atom is 0.307 e. The summed E-state index contributed by atoms with van der Waals surface area (Å²) in [5.41, 5.74) is 1.02. The maximum atomic E-state index is 11.9. The molecule has 1 amide bonds. The zero-order valence-electron chi connectivity index (χ0n) is 11.3. The summed E-state index contributed by atoms with van der Waals surface area (Å²) in [7, 11) is 1.32. The van der Waals surface area contributed by atoms with Crippen LogP contribution in [0.15, 0.2) is 24.3 Å². The number of carbonyl (C=O) groups excluding carboxylic acids is 2. The van der Waals surface area contributed by atoms with E-state index in [9.17, 15) is 9.59 Å². The summed E-state index contributed by atoms with van der Waals surface area (Å²) in [6.45, 7) is 1.85. The topological polar surface area (TPSA) is 58.6 Å². The van der Waals surface area contributed by atoms with Crippen molar-refractivity contribution in [3.05, 3.63) is 34.9 Å². The lowest BCUT2D eigenvalue weighted by Gasteiger charge is -2.34. The third-order valence-corrected chi connectivity index (χ3v) is 3.54. The zero-order chi connectivity index (χ0) is 14.5. The molecular formula is C14H17ClN2O3. The van der Waals surface area contributed by atoms with E-state index in [0.717, 1.165) is 5.56 Å². The van der Waals surface area contributed by atoms with E-state index >= 15 is 0 Å². The van der Waals surface area contributed by atoms with E-state index in [1.807, 2.05) is 23.1 Å². The summed E-state index contributed by atoms with van der Waals surface area (Å²) in [5, 5.41) is 3.43. The molecule has 1 saturated heterocycles. The molecule has 0 unspecified atom stereocenters. The summed E-state index contributed by atoms with van der Waals surface area (Å²) in [5.74, 6) is -0.521. The number of halogens is 1. The summed E-state index contributed by atoms with van der Waals surface area (Å²) >= 11 is 5.96. The molecule has 0 saturated carbocycles. The van der Waals surface area contributed by atoms with Crippen LogP contribution < -0.4 is 5.32 Å². The fourth-order valence-corrected chi connectivity index (χ4v) is 2.50. The molecule has 1 aliphatic heterocycles. The van der Waals surface area contributed by atoms with Gasteiger partial charge in [0.2, 0.25) is 5.91 Å². The Hall–Kier alpha value is -1.59. The quantitative estimate of drug-likeness (QED) is 0.848. The standard InChI is InChI=1S/C14H17ClN2O3/c1-20-13(18)8-12-14(19)16-5-6-17(12)9-10-3-2-4-11(15)7-10/h2-4,7,12H,5-6,8-9H2,1H3,(H,16,19)/t12-/m1/s1. The monoisotopic (exact) mass is 296 g/mol. The molecule has 0 aliphatic carbocycles. The third-order valence-electron chi connectivity index (χ3n) is 3.30. The van der Waals surface area contributed by atoms with Crippen molar-refractivity contribution in [2.24, 2.45) is 0 Å². The normalized spacial score (nSPS) is 19.5. The molecule has 1 aromatic rings. The van der Waals surface area contributed by atoms with Gasteiger partial charge in [0, 0.05) is 24.7 Å². The van der Waals surface area contributed by atoms with Gasteiger partial charge in [-0.25, -0.2) is 0 Å². The van der Waals surface area contributed by atoms with E-state index in [1.54, 1.807) is 6.07 Å². The lowest BCUT2D eigenvalue weighted by molar-refractivity contribution is -0.146. The molecule has 1 aliphatic rings. The molecule has 20 heavy (non-hydrogen) atoms. The number of nitrogens with one attached hydrogen (secondary N) is 1. The number of amides is 1. The van der Waals surface area contributed by atoms with E-state index in [0.29, 0.717) is 24.7 Å². The highest BCUT2D eigenvalue weighted by Crippen LogP contribution is 2.17. The van der Waals surface area contributed by atoms with Gasteiger partial charge in [0.05, 0.1) is 13.5 Å². The van der Waals surface area contributed by atoms with Crippen LogP contribution in [0.3, 0.4) is 0 Å². The Morgan fingerprint density at radius 2 is 2.35 bits per heavy atom. The number of hydrogen-bond acceptors (Lipinski definition) is 4. The highest BCUT2D eigenvalue weighted by atomic mass is 35.5. The van der Waals surface area contributed by atoms with Gasteiger partial charge in [-0.2, -0.15) is 0 Å². The summed E-state index contributed by atoms with van der Waals surface area (Å²) in [4.78, 5) is 25.3. The number of ether oxygens (including phenoxy) is 1. The van der Waals surface area contributed by atoms with Gasteiger partial charge in [0.1, 0.15) is 6.04 Å². The molecular weight excluding hydrogens is 280 g/mol. The van der Waals surface area contributed by atoms with Crippen molar-refractivity contribution in [2.75, 3.05) is 20.2 Å². The van der Waals surface area contributed by atoms with Crippen LogP contribution in [0.4, 0.5) is 0 Å². The molecule has 6 heteroatoms. The Bertz CT molecular complexity index is 507. The number of benzene rings is 1. The van der Waals surface area contributed by atoms with Crippen LogP contribution in [0, 0.1) is 0 Å². The van der Waals surface area contributed by atoms with Crippen LogP contribution in [-0.2, 0) is 20.9 Å². The molecule has 0 aromatic heterocycles. The lowest BCUT2D eigenvalue weighted by atomic mass is 10.1. The second-order valence-corrected chi connectivity index (χ2v) is 5.12.